The van der Waals surface area contributed by atoms with Gasteiger partial charge in [0, 0.05) is 5.57 Å². The predicted molar refractivity (Wildman–Crippen MR) is 71.7 cm³/mol. The van der Waals surface area contributed by atoms with Crippen molar-refractivity contribution in [1.29, 1.82) is 0 Å². The number of esters is 1. The number of unbranched alkanes of at least 4 members (excludes halogenated alkanes) is 1. The third kappa shape index (κ3) is 5.04. The fourth-order valence-corrected chi connectivity index (χ4v) is 1.39. The highest BCUT2D eigenvalue weighted by Gasteiger charge is 2.02. The molecule has 0 saturated heterocycles. The number of carbonyl (C=O) groups is 1. The maximum Gasteiger partial charge on any atom is 0.333 e. The van der Waals surface area contributed by atoms with Crippen molar-refractivity contribution in [2.45, 2.75) is 26.7 Å². The SMILES string of the molecule is C=C(C)C(=O)OCCCCOc1ccccc1C. The number of ether oxygens (including phenoxy) is 2. The van der Waals surface area contributed by atoms with E-state index in [2.05, 4.69) is 6.58 Å². The molecule has 0 atom stereocenters. The van der Waals surface area contributed by atoms with Crippen molar-refractivity contribution in [3.05, 3.63) is 42.0 Å². The van der Waals surface area contributed by atoms with E-state index in [9.17, 15) is 4.79 Å². The van der Waals surface area contributed by atoms with Crippen molar-refractivity contribution in [3.63, 3.8) is 0 Å². The molecule has 1 rings (SSSR count). The molecule has 3 nitrogen and oxygen atoms in total. The highest BCUT2D eigenvalue weighted by molar-refractivity contribution is 5.86. The molecule has 3 heteroatoms. The Balaban J connectivity index is 2.11. The number of rotatable bonds is 7. The molecular formula is C15H20O3. The van der Waals surface area contributed by atoms with Gasteiger partial charge in [-0.15, -0.1) is 0 Å². The number of benzene rings is 1. The third-order valence-corrected chi connectivity index (χ3v) is 2.47. The van der Waals surface area contributed by atoms with E-state index < -0.39 is 0 Å². The van der Waals surface area contributed by atoms with Crippen LogP contribution in [0, 0.1) is 6.92 Å². The summed E-state index contributed by atoms with van der Waals surface area (Å²) in [5.41, 5.74) is 1.57. The first kappa shape index (κ1) is 14.3. The fraction of sp³-hybridized carbons (Fsp3) is 0.400. The Labute approximate surface area is 108 Å². The van der Waals surface area contributed by atoms with Gasteiger partial charge in [0.15, 0.2) is 0 Å². The molecule has 0 radical (unpaired) electrons. The minimum absolute atomic E-state index is 0.324. The molecule has 0 fully saturated rings. The highest BCUT2D eigenvalue weighted by atomic mass is 16.5. The van der Waals surface area contributed by atoms with E-state index in [0.717, 1.165) is 24.2 Å². The lowest BCUT2D eigenvalue weighted by Crippen LogP contribution is -2.07. The molecule has 18 heavy (non-hydrogen) atoms. The molecule has 1 aromatic carbocycles. The Morgan fingerprint density at radius 2 is 1.89 bits per heavy atom. The fourth-order valence-electron chi connectivity index (χ4n) is 1.39. The highest BCUT2D eigenvalue weighted by Crippen LogP contribution is 2.16. The Morgan fingerprint density at radius 1 is 1.22 bits per heavy atom. The van der Waals surface area contributed by atoms with Gasteiger partial charge in [0.1, 0.15) is 5.75 Å². The molecule has 0 aliphatic rings. The summed E-state index contributed by atoms with van der Waals surface area (Å²) in [7, 11) is 0. The first-order chi connectivity index (χ1) is 8.61. The summed E-state index contributed by atoms with van der Waals surface area (Å²) >= 11 is 0. The van der Waals surface area contributed by atoms with Crippen LogP contribution in [-0.2, 0) is 9.53 Å². The van der Waals surface area contributed by atoms with Gasteiger partial charge < -0.3 is 9.47 Å². The van der Waals surface area contributed by atoms with Crippen LogP contribution in [0.3, 0.4) is 0 Å². The van der Waals surface area contributed by atoms with Crippen LogP contribution in [0.4, 0.5) is 0 Å². The zero-order chi connectivity index (χ0) is 13.4. The van der Waals surface area contributed by atoms with Crippen LogP contribution in [0.5, 0.6) is 5.75 Å². The molecule has 1 aromatic rings. The second-order valence-corrected chi connectivity index (χ2v) is 4.24. The Bertz CT molecular complexity index is 410. The second kappa shape index (κ2) is 7.54. The molecule has 0 unspecified atom stereocenters. The van der Waals surface area contributed by atoms with Crippen LogP contribution in [0.1, 0.15) is 25.3 Å². The van der Waals surface area contributed by atoms with Crippen molar-refractivity contribution in [1.82, 2.24) is 0 Å². The van der Waals surface area contributed by atoms with E-state index in [1.165, 1.54) is 0 Å². The first-order valence-electron chi connectivity index (χ1n) is 6.12. The van der Waals surface area contributed by atoms with Crippen LogP contribution < -0.4 is 4.74 Å². The first-order valence-corrected chi connectivity index (χ1v) is 6.12. The molecular weight excluding hydrogens is 228 g/mol. The second-order valence-electron chi connectivity index (χ2n) is 4.24. The topological polar surface area (TPSA) is 35.5 Å². The Morgan fingerprint density at radius 3 is 2.56 bits per heavy atom. The Hall–Kier alpha value is -1.77. The van der Waals surface area contributed by atoms with Gasteiger partial charge in [-0.05, 0) is 38.3 Å². The number of hydrogen-bond donors (Lipinski definition) is 0. The average molecular weight is 248 g/mol. The summed E-state index contributed by atoms with van der Waals surface area (Å²) in [6, 6.07) is 7.91. The number of carbonyl (C=O) groups excluding carboxylic acids is 1. The quantitative estimate of drug-likeness (QED) is 0.422. The zero-order valence-electron chi connectivity index (χ0n) is 11.1. The molecule has 0 aromatic heterocycles. The maximum atomic E-state index is 11.1. The third-order valence-electron chi connectivity index (χ3n) is 2.47. The Kier molecular flexibility index (Phi) is 5.98. The smallest absolute Gasteiger partial charge is 0.333 e. The molecule has 0 saturated carbocycles. The van der Waals surface area contributed by atoms with Gasteiger partial charge in [0.2, 0.25) is 0 Å². The lowest BCUT2D eigenvalue weighted by atomic mass is 10.2. The van der Waals surface area contributed by atoms with Gasteiger partial charge in [-0.2, -0.15) is 0 Å². The van der Waals surface area contributed by atoms with Crippen molar-refractivity contribution in [2.24, 2.45) is 0 Å². The van der Waals surface area contributed by atoms with Gasteiger partial charge in [-0.1, -0.05) is 24.8 Å². The van der Waals surface area contributed by atoms with Crippen molar-refractivity contribution < 1.29 is 14.3 Å². The summed E-state index contributed by atoms with van der Waals surface area (Å²) in [5.74, 6) is 0.589. The van der Waals surface area contributed by atoms with Gasteiger partial charge in [0.25, 0.3) is 0 Å². The molecule has 0 bridgehead atoms. The monoisotopic (exact) mass is 248 g/mol. The van der Waals surface area contributed by atoms with Crippen LogP contribution in [-0.4, -0.2) is 19.2 Å². The summed E-state index contributed by atoms with van der Waals surface area (Å²) in [6.07, 6.45) is 1.66. The van der Waals surface area contributed by atoms with Gasteiger partial charge >= 0.3 is 5.97 Å². The van der Waals surface area contributed by atoms with E-state index in [1.807, 2.05) is 31.2 Å². The van der Waals surface area contributed by atoms with E-state index in [4.69, 9.17) is 9.47 Å². The average Bonchev–Trinajstić information content (AvgIpc) is 2.35. The van der Waals surface area contributed by atoms with E-state index in [-0.39, 0.29) is 5.97 Å². The van der Waals surface area contributed by atoms with Crippen LogP contribution >= 0.6 is 0 Å². The van der Waals surface area contributed by atoms with Crippen molar-refractivity contribution in [2.75, 3.05) is 13.2 Å². The summed E-state index contributed by atoms with van der Waals surface area (Å²) < 4.78 is 10.6. The molecule has 0 amide bonds. The van der Waals surface area contributed by atoms with Gasteiger partial charge in [-0.3, -0.25) is 0 Å². The molecule has 0 heterocycles. The van der Waals surface area contributed by atoms with Crippen LogP contribution in [0.25, 0.3) is 0 Å². The molecule has 0 N–H and O–H groups in total. The number of aryl methyl sites for hydroxylation is 1. The zero-order valence-corrected chi connectivity index (χ0v) is 11.1. The largest absolute Gasteiger partial charge is 0.493 e. The predicted octanol–water partition coefficient (Wildman–Crippen LogP) is 3.27. The minimum atomic E-state index is -0.324. The van der Waals surface area contributed by atoms with E-state index >= 15 is 0 Å². The van der Waals surface area contributed by atoms with Gasteiger partial charge in [-0.25, -0.2) is 4.79 Å². The normalized spacial score (nSPS) is 9.89. The molecule has 0 aliphatic heterocycles. The van der Waals surface area contributed by atoms with Crippen LogP contribution in [0.2, 0.25) is 0 Å². The maximum absolute atomic E-state index is 11.1. The lowest BCUT2D eigenvalue weighted by Gasteiger charge is -2.08. The lowest BCUT2D eigenvalue weighted by molar-refractivity contribution is -0.139. The summed E-state index contributed by atoms with van der Waals surface area (Å²) in [4.78, 5) is 11.1. The van der Waals surface area contributed by atoms with Crippen molar-refractivity contribution >= 4 is 5.97 Å². The van der Waals surface area contributed by atoms with E-state index in [1.54, 1.807) is 6.92 Å². The van der Waals surface area contributed by atoms with E-state index in [0.29, 0.717) is 18.8 Å². The number of para-hydroxylation sites is 1. The molecule has 0 spiro atoms. The summed E-state index contributed by atoms with van der Waals surface area (Å²) in [5, 5.41) is 0. The van der Waals surface area contributed by atoms with Crippen molar-refractivity contribution in [3.8, 4) is 5.75 Å². The van der Waals surface area contributed by atoms with Gasteiger partial charge in [0.05, 0.1) is 13.2 Å². The van der Waals surface area contributed by atoms with Crippen LogP contribution in [0.15, 0.2) is 36.4 Å². The number of hydrogen-bond acceptors (Lipinski definition) is 3. The summed E-state index contributed by atoms with van der Waals surface area (Å²) in [6.45, 7) is 8.23. The standard InChI is InChI=1S/C15H20O3/c1-12(2)15(16)18-11-7-6-10-17-14-9-5-4-8-13(14)3/h4-5,8-9H,1,6-7,10-11H2,2-3H3. The minimum Gasteiger partial charge on any atom is -0.493 e. The molecule has 0 aliphatic carbocycles. The molecule has 98 valence electrons.